The number of benzene rings is 2. The van der Waals surface area contributed by atoms with Gasteiger partial charge >= 0.3 is 35.5 Å². The Balaban J connectivity index is 0.00000420. The maximum atomic E-state index is 14.0. The van der Waals surface area contributed by atoms with E-state index in [0.29, 0.717) is 30.0 Å². The number of hydrogen-bond acceptors (Lipinski definition) is 5. The fourth-order valence-corrected chi connectivity index (χ4v) is 4.69. The summed E-state index contributed by atoms with van der Waals surface area (Å²) in [5, 5.41) is 34.2. The number of hydrogen-bond donors (Lipinski definition) is 3. The maximum Gasteiger partial charge on any atom is 1.00 e. The van der Waals surface area contributed by atoms with Crippen LogP contribution in [-0.4, -0.2) is 60.1 Å². The van der Waals surface area contributed by atoms with Gasteiger partial charge in [0, 0.05) is 23.8 Å². The van der Waals surface area contributed by atoms with E-state index in [1.54, 1.807) is 21.7 Å². The van der Waals surface area contributed by atoms with E-state index < -0.39 is 30.4 Å². The molecule has 3 rings (SSSR count). The average molecular weight is 564 g/mol. The topological polar surface area (TPSA) is 116 Å². The van der Waals surface area contributed by atoms with Gasteiger partial charge in [-0.25, -0.2) is 9.07 Å². The Bertz CT molecular complexity index is 1260. The Hall–Kier alpha value is -2.56. The molecule has 3 aromatic rings. The number of halogens is 1. The molecule has 3 N–H and O–H groups in total. The first kappa shape index (κ1) is 33.6. The Morgan fingerprint density at radius 1 is 1.00 bits per heavy atom. The summed E-state index contributed by atoms with van der Waals surface area (Å²) in [4.78, 5) is 26.7. The summed E-state index contributed by atoms with van der Waals surface area (Å²) in [5.74, 6) is -1.85. The van der Waals surface area contributed by atoms with Crippen molar-refractivity contribution in [1.29, 1.82) is 0 Å². The van der Waals surface area contributed by atoms with Crippen LogP contribution in [0.4, 0.5) is 4.39 Å². The molecule has 1 amide bonds. The molecule has 1 heterocycles. The number of aliphatic carboxylic acids is 1. The summed E-state index contributed by atoms with van der Waals surface area (Å²) in [7, 11) is 0. The second-order valence-electron chi connectivity index (χ2n) is 10.4. The molecule has 0 saturated heterocycles. The minimum atomic E-state index is -1.17. The number of aliphatic hydroxyl groups is 2. The quantitative estimate of drug-likeness (QED) is 0.273. The molecule has 0 saturated carbocycles. The number of nitrogens with zero attached hydrogens (tertiary/aromatic N) is 3. The van der Waals surface area contributed by atoms with E-state index in [2.05, 4.69) is 0 Å². The normalized spacial score (nSPS) is 12.7. The van der Waals surface area contributed by atoms with Gasteiger partial charge in [-0.2, -0.15) is 5.10 Å². The van der Waals surface area contributed by atoms with E-state index >= 15 is 0 Å². The largest absolute Gasteiger partial charge is 1.00 e. The van der Waals surface area contributed by atoms with Crippen molar-refractivity contribution in [1.82, 2.24) is 14.7 Å². The number of carbonyl (C=O) groups excluding carboxylic acids is 1. The van der Waals surface area contributed by atoms with Gasteiger partial charge in [-0.1, -0.05) is 44.2 Å². The molecule has 0 aliphatic rings. The smallest absolute Gasteiger partial charge is 1.00 e. The van der Waals surface area contributed by atoms with E-state index in [0.717, 1.165) is 11.1 Å². The minimum Gasteiger partial charge on any atom is -1.00 e. The predicted molar refractivity (Wildman–Crippen MR) is 147 cm³/mol. The van der Waals surface area contributed by atoms with Crippen molar-refractivity contribution in [3.8, 4) is 5.69 Å². The first-order valence-electron chi connectivity index (χ1n) is 13.3. The molecule has 2 atom stereocenters. The number of aliphatic hydroxyl groups excluding tert-OH is 2. The molecule has 212 valence electrons. The van der Waals surface area contributed by atoms with E-state index in [-0.39, 0.29) is 61.7 Å². The summed E-state index contributed by atoms with van der Waals surface area (Å²) >= 11 is 0. The van der Waals surface area contributed by atoms with Crippen LogP contribution in [0.1, 0.15) is 81.6 Å². The number of rotatable bonds is 13. The van der Waals surface area contributed by atoms with Crippen LogP contribution in [0, 0.1) is 5.82 Å². The van der Waals surface area contributed by atoms with Gasteiger partial charge in [0.15, 0.2) is 5.69 Å². The fraction of sp³-hybridized carbons (Fsp3) is 0.433. The number of carboxylic acid groups (broad SMARTS) is 1. The Kier molecular flexibility index (Phi) is 13.0. The molecule has 0 fully saturated rings. The zero-order valence-corrected chi connectivity index (χ0v) is 25.9. The molecule has 0 radical (unpaired) electrons. The van der Waals surface area contributed by atoms with E-state index in [1.807, 2.05) is 58.0 Å². The van der Waals surface area contributed by atoms with Crippen LogP contribution in [-0.2, 0) is 17.8 Å². The Morgan fingerprint density at radius 3 is 2.17 bits per heavy atom. The molecule has 1 aromatic heterocycles. The third-order valence-electron chi connectivity index (χ3n) is 6.62. The summed E-state index contributed by atoms with van der Waals surface area (Å²) in [6.07, 6.45) is -2.13. The fourth-order valence-electron chi connectivity index (χ4n) is 4.69. The molecule has 0 unspecified atom stereocenters. The molecule has 2 aromatic carbocycles. The summed E-state index contributed by atoms with van der Waals surface area (Å²) < 4.78 is 15.4. The van der Waals surface area contributed by atoms with Crippen LogP contribution in [0.15, 0.2) is 54.6 Å². The standard InChI is InChI=1S/C30H38FN3O5.Na.H/c1-19(2)28-26(15-14-24(35)16-25(36)17-27(37)38)34(23-12-10-22(31)11-13-23)32-29(28)30(39)33(20(3)4)18-21-8-6-5-7-9-21;;/h5-13,19-20,24-25,35-36H,14-18H2,1-4H3,(H,37,38);;/q;+1;-1/t24-,25-;;/m1../s1. The van der Waals surface area contributed by atoms with Gasteiger partial charge in [-0.15, -0.1) is 0 Å². The monoisotopic (exact) mass is 563 g/mol. The molecule has 8 nitrogen and oxygen atoms in total. The van der Waals surface area contributed by atoms with Gasteiger partial charge in [0.2, 0.25) is 0 Å². The molecule has 0 spiro atoms. The number of carbonyl (C=O) groups is 2. The molecular weight excluding hydrogens is 524 g/mol. The SMILES string of the molecule is CC(C)c1c(C(=O)N(Cc2ccccc2)C(C)C)nn(-c2ccc(F)cc2)c1CC[C@@H](O)C[C@@H](O)CC(=O)O.[H-].[Na+]. The van der Waals surface area contributed by atoms with Gasteiger partial charge in [0.1, 0.15) is 5.82 Å². The summed E-state index contributed by atoms with van der Waals surface area (Å²) in [6.45, 7) is 8.25. The van der Waals surface area contributed by atoms with Crippen molar-refractivity contribution < 1.29 is 60.3 Å². The van der Waals surface area contributed by atoms with E-state index in [1.165, 1.54) is 12.1 Å². The van der Waals surface area contributed by atoms with Crippen molar-refractivity contribution >= 4 is 11.9 Å². The number of aromatic nitrogens is 2. The number of amides is 1. The zero-order valence-electron chi connectivity index (χ0n) is 24.9. The van der Waals surface area contributed by atoms with Crippen LogP contribution in [0.5, 0.6) is 0 Å². The van der Waals surface area contributed by atoms with Crippen LogP contribution >= 0.6 is 0 Å². The third kappa shape index (κ3) is 8.97. The van der Waals surface area contributed by atoms with Gasteiger partial charge in [0.05, 0.1) is 24.3 Å². The van der Waals surface area contributed by atoms with Crippen LogP contribution in [0.2, 0.25) is 0 Å². The maximum absolute atomic E-state index is 14.0. The van der Waals surface area contributed by atoms with Gasteiger partial charge in [-0.05, 0) is 68.9 Å². The molecular formula is C30H39FN3NaO5. The second-order valence-corrected chi connectivity index (χ2v) is 10.4. The number of carboxylic acids is 1. The first-order chi connectivity index (χ1) is 18.5. The van der Waals surface area contributed by atoms with Crippen molar-refractivity contribution in [3.05, 3.63) is 82.9 Å². The molecule has 10 heteroatoms. The molecule has 0 bridgehead atoms. The Labute approximate surface area is 258 Å². The molecule has 0 aliphatic heterocycles. The van der Waals surface area contributed by atoms with Crippen molar-refractivity contribution in [2.24, 2.45) is 0 Å². The molecule has 0 aliphatic carbocycles. The van der Waals surface area contributed by atoms with Gasteiger partial charge in [0.25, 0.3) is 5.91 Å². The predicted octanol–water partition coefficient (Wildman–Crippen LogP) is 1.82. The third-order valence-corrected chi connectivity index (χ3v) is 6.62. The minimum absolute atomic E-state index is 0. The van der Waals surface area contributed by atoms with Crippen molar-refractivity contribution in [2.75, 3.05) is 0 Å². The van der Waals surface area contributed by atoms with Crippen LogP contribution < -0.4 is 29.6 Å². The van der Waals surface area contributed by atoms with E-state index in [9.17, 15) is 24.2 Å². The zero-order chi connectivity index (χ0) is 28.7. The molecule has 40 heavy (non-hydrogen) atoms. The van der Waals surface area contributed by atoms with Crippen LogP contribution in [0.3, 0.4) is 0 Å². The average Bonchev–Trinajstić information content (AvgIpc) is 3.26. The van der Waals surface area contributed by atoms with Crippen molar-refractivity contribution in [2.45, 2.75) is 84.1 Å². The Morgan fingerprint density at radius 2 is 1.62 bits per heavy atom. The second kappa shape index (κ2) is 15.4. The van der Waals surface area contributed by atoms with Crippen LogP contribution in [0.25, 0.3) is 5.69 Å². The van der Waals surface area contributed by atoms with Gasteiger partial charge in [-0.3, -0.25) is 9.59 Å². The van der Waals surface area contributed by atoms with Gasteiger partial charge < -0.3 is 21.6 Å². The summed E-state index contributed by atoms with van der Waals surface area (Å²) in [6, 6.07) is 15.4. The van der Waals surface area contributed by atoms with E-state index in [4.69, 9.17) is 10.2 Å². The van der Waals surface area contributed by atoms with Crippen molar-refractivity contribution in [3.63, 3.8) is 0 Å². The summed E-state index contributed by atoms with van der Waals surface area (Å²) in [5.41, 5.74) is 3.31. The first-order valence-corrected chi connectivity index (χ1v) is 13.3.